The first kappa shape index (κ1) is 30.1. The number of hydrogen-bond donors (Lipinski definition) is 1. The van der Waals surface area contributed by atoms with Crippen molar-refractivity contribution in [2.24, 2.45) is 11.8 Å². The molecule has 2 aliphatic rings. The Labute approximate surface area is 214 Å². The van der Waals surface area contributed by atoms with Crippen molar-refractivity contribution in [1.29, 1.82) is 0 Å². The number of likely N-dealkylation sites (tertiary alicyclic amines) is 1. The SMILES string of the molecule is CCCCCCCC(CC)N[C@H]1C[C@H](OCC2CCN(CC(CCCC)CCCCC)CC2)C1. The molecule has 1 N–H and O–H groups in total. The minimum atomic E-state index is 0.523. The third-order valence-corrected chi connectivity index (χ3v) is 8.69. The van der Waals surface area contributed by atoms with E-state index < -0.39 is 0 Å². The summed E-state index contributed by atoms with van der Waals surface area (Å²) >= 11 is 0. The predicted octanol–water partition coefficient (Wildman–Crippen LogP) is 8.36. The van der Waals surface area contributed by atoms with E-state index in [1.807, 2.05) is 0 Å². The second-order valence-corrected chi connectivity index (χ2v) is 11.8. The van der Waals surface area contributed by atoms with Gasteiger partial charge in [-0.15, -0.1) is 0 Å². The lowest BCUT2D eigenvalue weighted by atomic mass is 9.87. The molecule has 0 radical (unpaired) electrons. The fourth-order valence-electron chi connectivity index (χ4n) is 6.05. The molecule has 2 fully saturated rings. The molecular weight excluding hydrogens is 416 g/mol. The number of piperidine rings is 1. The molecule has 1 aliphatic carbocycles. The highest BCUT2D eigenvalue weighted by Gasteiger charge is 2.32. The fourth-order valence-corrected chi connectivity index (χ4v) is 6.05. The van der Waals surface area contributed by atoms with Gasteiger partial charge in [-0.3, -0.25) is 0 Å². The number of hydrogen-bond acceptors (Lipinski definition) is 3. The molecule has 3 nitrogen and oxygen atoms in total. The molecule has 0 bridgehead atoms. The minimum absolute atomic E-state index is 0.523. The van der Waals surface area contributed by atoms with Gasteiger partial charge in [-0.1, -0.05) is 91.9 Å². The van der Waals surface area contributed by atoms with Crippen LogP contribution in [0.3, 0.4) is 0 Å². The number of nitrogens with one attached hydrogen (secondary N) is 1. The van der Waals surface area contributed by atoms with E-state index in [1.165, 1.54) is 135 Å². The van der Waals surface area contributed by atoms with E-state index in [0.717, 1.165) is 24.5 Å². The van der Waals surface area contributed by atoms with Crippen LogP contribution in [-0.4, -0.2) is 49.3 Å². The van der Waals surface area contributed by atoms with Gasteiger partial charge in [0.2, 0.25) is 0 Å². The summed E-state index contributed by atoms with van der Waals surface area (Å²) in [5, 5.41) is 3.93. The van der Waals surface area contributed by atoms with Crippen molar-refractivity contribution in [3.63, 3.8) is 0 Å². The second kappa shape index (κ2) is 19.1. The van der Waals surface area contributed by atoms with Gasteiger partial charge in [0.15, 0.2) is 0 Å². The van der Waals surface area contributed by atoms with Crippen LogP contribution in [0.2, 0.25) is 0 Å². The van der Waals surface area contributed by atoms with Crippen LogP contribution in [0, 0.1) is 11.8 Å². The summed E-state index contributed by atoms with van der Waals surface area (Å²) in [6, 6.07) is 1.43. The Balaban J connectivity index is 1.53. The Morgan fingerprint density at radius 1 is 0.765 bits per heavy atom. The first-order valence-electron chi connectivity index (χ1n) is 15.8. The van der Waals surface area contributed by atoms with Gasteiger partial charge >= 0.3 is 0 Å². The largest absolute Gasteiger partial charge is 0.378 e. The van der Waals surface area contributed by atoms with E-state index in [2.05, 4.69) is 37.9 Å². The van der Waals surface area contributed by atoms with Crippen LogP contribution in [-0.2, 0) is 4.74 Å². The molecular formula is C31H62N2O. The molecule has 2 rings (SSSR count). The van der Waals surface area contributed by atoms with Gasteiger partial charge in [0, 0.05) is 25.2 Å². The quantitative estimate of drug-likeness (QED) is 0.168. The third kappa shape index (κ3) is 12.7. The number of rotatable bonds is 21. The molecule has 0 amide bonds. The Hall–Kier alpha value is -0.120. The van der Waals surface area contributed by atoms with Crippen molar-refractivity contribution in [3.05, 3.63) is 0 Å². The topological polar surface area (TPSA) is 24.5 Å². The summed E-state index contributed by atoms with van der Waals surface area (Å²) in [7, 11) is 0. The Bertz CT molecular complexity index is 456. The molecule has 1 heterocycles. The molecule has 34 heavy (non-hydrogen) atoms. The zero-order valence-corrected chi connectivity index (χ0v) is 23.8. The summed E-state index contributed by atoms with van der Waals surface area (Å²) in [5.74, 6) is 1.73. The van der Waals surface area contributed by atoms with Crippen molar-refractivity contribution in [2.75, 3.05) is 26.2 Å². The van der Waals surface area contributed by atoms with Crippen LogP contribution >= 0.6 is 0 Å². The van der Waals surface area contributed by atoms with Gasteiger partial charge in [-0.05, 0) is 76.3 Å². The summed E-state index contributed by atoms with van der Waals surface area (Å²) in [4.78, 5) is 2.78. The molecule has 0 spiro atoms. The van der Waals surface area contributed by atoms with E-state index in [4.69, 9.17) is 4.74 Å². The third-order valence-electron chi connectivity index (χ3n) is 8.69. The van der Waals surface area contributed by atoms with Crippen LogP contribution in [0.1, 0.15) is 143 Å². The molecule has 1 aliphatic heterocycles. The van der Waals surface area contributed by atoms with Gasteiger partial charge < -0.3 is 15.0 Å². The Morgan fingerprint density at radius 2 is 1.38 bits per heavy atom. The maximum atomic E-state index is 6.36. The maximum absolute atomic E-state index is 6.36. The lowest BCUT2D eigenvalue weighted by molar-refractivity contribution is -0.0429. The standard InChI is InChI=1S/C31H62N2O/c1-5-9-12-13-15-18-29(8-4)32-30-23-31(24-30)34-26-28-19-21-33(22-20-28)25-27(16-11-7-3)17-14-10-6-2/h27-32H,5-26H2,1-4H3/t27?,29?,30-,31-. The normalized spacial score (nSPS) is 23.6. The van der Waals surface area contributed by atoms with E-state index in [9.17, 15) is 0 Å². The predicted molar refractivity (Wildman–Crippen MR) is 150 cm³/mol. The second-order valence-electron chi connectivity index (χ2n) is 11.8. The summed E-state index contributed by atoms with van der Waals surface area (Å²) in [5.41, 5.74) is 0. The van der Waals surface area contributed by atoms with Crippen LogP contribution in [0.4, 0.5) is 0 Å². The first-order valence-corrected chi connectivity index (χ1v) is 15.8. The molecule has 3 heteroatoms. The lowest BCUT2D eigenvalue weighted by Gasteiger charge is -2.40. The van der Waals surface area contributed by atoms with Crippen LogP contribution in [0.15, 0.2) is 0 Å². The number of nitrogens with zero attached hydrogens (tertiary/aromatic N) is 1. The lowest BCUT2D eigenvalue weighted by Crippen LogP contribution is -2.49. The summed E-state index contributed by atoms with van der Waals surface area (Å²) in [6.45, 7) is 14.3. The summed E-state index contributed by atoms with van der Waals surface area (Å²) < 4.78 is 6.36. The molecule has 0 aromatic rings. The van der Waals surface area contributed by atoms with E-state index in [1.54, 1.807) is 0 Å². The van der Waals surface area contributed by atoms with E-state index in [-0.39, 0.29) is 0 Å². The highest BCUT2D eigenvalue weighted by atomic mass is 16.5. The molecule has 202 valence electrons. The van der Waals surface area contributed by atoms with Gasteiger partial charge in [-0.25, -0.2) is 0 Å². The Morgan fingerprint density at radius 3 is 2.06 bits per heavy atom. The van der Waals surface area contributed by atoms with E-state index in [0.29, 0.717) is 12.1 Å². The zero-order valence-electron chi connectivity index (χ0n) is 23.8. The van der Waals surface area contributed by atoms with Crippen molar-refractivity contribution in [3.8, 4) is 0 Å². The van der Waals surface area contributed by atoms with Crippen LogP contribution in [0.25, 0.3) is 0 Å². The molecule has 0 aromatic carbocycles. The zero-order chi connectivity index (χ0) is 24.4. The average molecular weight is 479 g/mol. The highest BCUT2D eigenvalue weighted by molar-refractivity contribution is 4.88. The van der Waals surface area contributed by atoms with Gasteiger partial charge in [0.1, 0.15) is 0 Å². The first-order chi connectivity index (χ1) is 16.7. The van der Waals surface area contributed by atoms with Crippen molar-refractivity contribution in [2.45, 2.75) is 161 Å². The maximum Gasteiger partial charge on any atom is 0.0605 e. The number of ether oxygens (including phenoxy) is 1. The van der Waals surface area contributed by atoms with Crippen LogP contribution < -0.4 is 5.32 Å². The Kier molecular flexibility index (Phi) is 16.9. The fraction of sp³-hybridized carbons (Fsp3) is 1.00. The smallest absolute Gasteiger partial charge is 0.0605 e. The van der Waals surface area contributed by atoms with Crippen molar-refractivity contribution >= 4 is 0 Å². The van der Waals surface area contributed by atoms with Crippen molar-refractivity contribution < 1.29 is 4.74 Å². The monoisotopic (exact) mass is 478 g/mol. The molecule has 1 saturated heterocycles. The van der Waals surface area contributed by atoms with E-state index >= 15 is 0 Å². The molecule has 2 unspecified atom stereocenters. The average Bonchev–Trinajstić information content (AvgIpc) is 2.83. The van der Waals surface area contributed by atoms with Gasteiger partial charge in [0.05, 0.1) is 6.10 Å². The summed E-state index contributed by atoms with van der Waals surface area (Å²) in [6.07, 6.45) is 25.2. The van der Waals surface area contributed by atoms with Gasteiger partial charge in [-0.2, -0.15) is 0 Å². The molecule has 0 aromatic heterocycles. The molecule has 1 saturated carbocycles. The van der Waals surface area contributed by atoms with Gasteiger partial charge in [0.25, 0.3) is 0 Å². The number of unbranched alkanes of at least 4 members (excludes halogenated alkanes) is 7. The molecule has 2 atom stereocenters. The minimum Gasteiger partial charge on any atom is -0.378 e. The van der Waals surface area contributed by atoms with Crippen molar-refractivity contribution in [1.82, 2.24) is 10.2 Å². The highest BCUT2D eigenvalue weighted by Crippen LogP contribution is 2.28. The van der Waals surface area contributed by atoms with Crippen LogP contribution in [0.5, 0.6) is 0 Å².